The van der Waals surface area contributed by atoms with Gasteiger partial charge in [-0.2, -0.15) is 0 Å². The van der Waals surface area contributed by atoms with Gasteiger partial charge in [-0.3, -0.25) is 10.1 Å². The van der Waals surface area contributed by atoms with Gasteiger partial charge in [0, 0.05) is 23.1 Å². The Balaban J connectivity index is 1.59. The molecule has 0 saturated carbocycles. The van der Waals surface area contributed by atoms with Gasteiger partial charge in [-0.25, -0.2) is 4.79 Å². The van der Waals surface area contributed by atoms with Crippen LogP contribution in [0.1, 0.15) is 36.0 Å². The highest BCUT2D eigenvalue weighted by molar-refractivity contribution is 6.31. The lowest BCUT2D eigenvalue weighted by molar-refractivity contribution is 0.0957. The molecule has 2 bridgehead atoms. The van der Waals surface area contributed by atoms with E-state index in [1.165, 1.54) is 26.0 Å². The van der Waals surface area contributed by atoms with E-state index in [1.54, 1.807) is 12.1 Å². The van der Waals surface area contributed by atoms with Gasteiger partial charge in [-0.1, -0.05) is 11.6 Å². The van der Waals surface area contributed by atoms with Crippen LogP contribution in [0.25, 0.3) is 0 Å². The van der Waals surface area contributed by atoms with Crippen LogP contribution < -0.4 is 15.4 Å². The molecule has 2 unspecified atom stereocenters. The van der Waals surface area contributed by atoms with Crippen LogP contribution in [0, 0.1) is 0 Å². The van der Waals surface area contributed by atoms with Gasteiger partial charge in [-0.15, -0.1) is 0 Å². The quantitative estimate of drug-likeness (QED) is 0.877. The van der Waals surface area contributed by atoms with Crippen molar-refractivity contribution in [1.29, 1.82) is 0 Å². The zero-order valence-corrected chi connectivity index (χ0v) is 14.6. The average molecular weight is 352 g/mol. The molecule has 0 aliphatic carbocycles. The zero-order valence-electron chi connectivity index (χ0n) is 13.8. The summed E-state index contributed by atoms with van der Waals surface area (Å²) in [5.41, 5.74) is 0.239. The lowest BCUT2D eigenvalue weighted by Gasteiger charge is -2.36. The van der Waals surface area contributed by atoms with E-state index in [1.807, 2.05) is 0 Å². The molecular weight excluding hydrogens is 330 g/mol. The van der Waals surface area contributed by atoms with Crippen LogP contribution in [0.4, 0.5) is 4.79 Å². The van der Waals surface area contributed by atoms with Crippen molar-refractivity contribution in [2.45, 2.75) is 43.8 Å². The van der Waals surface area contributed by atoms with Crippen molar-refractivity contribution in [2.24, 2.45) is 0 Å². The predicted octanol–water partition coefficient (Wildman–Crippen LogP) is 2.41. The van der Waals surface area contributed by atoms with Crippen LogP contribution >= 0.6 is 11.6 Å². The molecule has 2 heterocycles. The van der Waals surface area contributed by atoms with Crippen LogP contribution in [0.15, 0.2) is 18.2 Å². The number of hydrogen-bond acceptors (Lipinski definition) is 4. The third kappa shape index (κ3) is 3.49. The first-order valence-corrected chi connectivity index (χ1v) is 8.53. The number of piperidine rings is 1. The minimum Gasteiger partial charge on any atom is -0.496 e. The van der Waals surface area contributed by atoms with Crippen molar-refractivity contribution < 1.29 is 14.3 Å². The number of carbonyl (C=O) groups is 2. The second-order valence-electron chi connectivity index (χ2n) is 6.49. The Bertz CT molecular complexity index is 638. The summed E-state index contributed by atoms with van der Waals surface area (Å²) >= 11 is 5.92. The number of methoxy groups -OCH3 is 1. The van der Waals surface area contributed by atoms with Crippen molar-refractivity contribution >= 4 is 23.5 Å². The first-order valence-electron chi connectivity index (χ1n) is 8.15. The van der Waals surface area contributed by atoms with E-state index in [-0.39, 0.29) is 11.6 Å². The smallest absolute Gasteiger partial charge is 0.321 e. The number of rotatable bonds is 3. The SMILES string of the molecule is COc1ccc(Cl)cc1C(=O)NC(=O)NC1CC2CCC(C1)N2C. The van der Waals surface area contributed by atoms with E-state index in [0.717, 1.165) is 12.8 Å². The summed E-state index contributed by atoms with van der Waals surface area (Å²) in [4.78, 5) is 26.9. The Kier molecular flexibility index (Phi) is 4.96. The molecule has 2 aliphatic rings. The second-order valence-corrected chi connectivity index (χ2v) is 6.93. The number of nitrogens with one attached hydrogen (secondary N) is 2. The number of hydrogen-bond donors (Lipinski definition) is 2. The summed E-state index contributed by atoms with van der Waals surface area (Å²) in [7, 11) is 3.61. The molecule has 7 heteroatoms. The average Bonchev–Trinajstić information content (AvgIpc) is 2.76. The number of nitrogens with zero attached hydrogens (tertiary/aromatic N) is 1. The van der Waals surface area contributed by atoms with Gasteiger partial charge in [0.05, 0.1) is 12.7 Å². The van der Waals surface area contributed by atoms with Crippen molar-refractivity contribution in [3.8, 4) is 5.75 Å². The summed E-state index contributed by atoms with van der Waals surface area (Å²) in [6.45, 7) is 0. The molecular formula is C17H22ClN3O3. The van der Waals surface area contributed by atoms with Gasteiger partial charge in [0.15, 0.2) is 0 Å². The van der Waals surface area contributed by atoms with E-state index < -0.39 is 11.9 Å². The maximum Gasteiger partial charge on any atom is 0.321 e. The van der Waals surface area contributed by atoms with Crippen molar-refractivity contribution in [1.82, 2.24) is 15.5 Å². The van der Waals surface area contributed by atoms with Gasteiger partial charge in [0.25, 0.3) is 5.91 Å². The van der Waals surface area contributed by atoms with E-state index in [0.29, 0.717) is 22.9 Å². The fraction of sp³-hybridized carbons (Fsp3) is 0.529. The highest BCUT2D eigenvalue weighted by Gasteiger charge is 2.38. The van der Waals surface area contributed by atoms with Crippen LogP contribution in [0.5, 0.6) is 5.75 Å². The Morgan fingerprint density at radius 3 is 2.54 bits per heavy atom. The molecule has 1 aromatic carbocycles. The third-order valence-electron chi connectivity index (χ3n) is 5.07. The molecule has 0 spiro atoms. The normalized spacial score (nSPS) is 26.0. The van der Waals surface area contributed by atoms with E-state index in [9.17, 15) is 9.59 Å². The summed E-state index contributed by atoms with van der Waals surface area (Å²) in [5, 5.41) is 5.70. The molecule has 2 N–H and O–H groups in total. The number of carbonyl (C=O) groups excluding carboxylic acids is 2. The summed E-state index contributed by atoms with van der Waals surface area (Å²) in [6, 6.07) is 5.40. The van der Waals surface area contributed by atoms with Gasteiger partial charge in [0.2, 0.25) is 0 Å². The number of amides is 3. The Labute approximate surface area is 146 Å². The monoisotopic (exact) mass is 351 g/mol. The van der Waals surface area contributed by atoms with E-state index in [2.05, 4.69) is 22.6 Å². The molecule has 2 aliphatic heterocycles. The van der Waals surface area contributed by atoms with Gasteiger partial charge >= 0.3 is 6.03 Å². The number of halogens is 1. The molecule has 6 nitrogen and oxygen atoms in total. The predicted molar refractivity (Wildman–Crippen MR) is 91.6 cm³/mol. The van der Waals surface area contributed by atoms with E-state index in [4.69, 9.17) is 16.3 Å². The van der Waals surface area contributed by atoms with Crippen molar-refractivity contribution in [3.63, 3.8) is 0 Å². The number of benzene rings is 1. The first kappa shape index (κ1) is 17.0. The molecule has 3 rings (SSSR count). The second kappa shape index (κ2) is 6.99. The molecule has 2 fully saturated rings. The Hall–Kier alpha value is -1.79. The van der Waals surface area contributed by atoms with Crippen LogP contribution in [0.2, 0.25) is 5.02 Å². The summed E-state index contributed by atoms with van der Waals surface area (Å²) < 4.78 is 5.14. The fourth-order valence-corrected chi connectivity index (χ4v) is 3.95. The van der Waals surface area contributed by atoms with Crippen molar-refractivity contribution in [2.75, 3.05) is 14.2 Å². The lowest BCUT2D eigenvalue weighted by atomic mass is 9.98. The molecule has 0 aromatic heterocycles. The van der Waals surface area contributed by atoms with E-state index >= 15 is 0 Å². The molecule has 1 aromatic rings. The molecule has 0 radical (unpaired) electrons. The number of imide groups is 1. The van der Waals surface area contributed by atoms with Gasteiger partial charge in [0.1, 0.15) is 5.75 Å². The summed E-state index contributed by atoms with van der Waals surface area (Å²) in [6.07, 6.45) is 4.21. The molecule has 2 saturated heterocycles. The minimum absolute atomic E-state index is 0.104. The highest BCUT2D eigenvalue weighted by Crippen LogP contribution is 2.34. The molecule has 2 atom stereocenters. The Morgan fingerprint density at radius 2 is 1.92 bits per heavy atom. The maximum atomic E-state index is 12.3. The van der Waals surface area contributed by atoms with Crippen LogP contribution in [-0.2, 0) is 0 Å². The topological polar surface area (TPSA) is 70.7 Å². The zero-order chi connectivity index (χ0) is 17.3. The number of fused-ring (bicyclic) bond motifs is 2. The summed E-state index contributed by atoms with van der Waals surface area (Å²) in [5.74, 6) is -0.148. The standard InChI is InChI=1S/C17H22ClN3O3/c1-21-12-4-5-13(21)9-11(8-12)19-17(23)20-16(22)14-7-10(18)3-6-15(14)24-2/h3,6-7,11-13H,4-5,8-9H2,1-2H3,(H2,19,20,22,23). The maximum absolute atomic E-state index is 12.3. The van der Waals surface area contributed by atoms with Crippen LogP contribution in [-0.4, -0.2) is 49.1 Å². The van der Waals surface area contributed by atoms with Gasteiger partial charge < -0.3 is 15.0 Å². The number of urea groups is 1. The molecule has 130 valence electrons. The largest absolute Gasteiger partial charge is 0.496 e. The third-order valence-corrected chi connectivity index (χ3v) is 5.30. The van der Waals surface area contributed by atoms with Crippen LogP contribution in [0.3, 0.4) is 0 Å². The van der Waals surface area contributed by atoms with Gasteiger partial charge in [-0.05, 0) is 50.9 Å². The molecule has 3 amide bonds. The fourth-order valence-electron chi connectivity index (χ4n) is 3.78. The lowest BCUT2D eigenvalue weighted by Crippen LogP contribution is -2.51. The van der Waals surface area contributed by atoms with Crippen molar-refractivity contribution in [3.05, 3.63) is 28.8 Å². The minimum atomic E-state index is -0.525. The number of ether oxygens (including phenoxy) is 1. The molecule has 24 heavy (non-hydrogen) atoms. The Morgan fingerprint density at radius 1 is 1.25 bits per heavy atom. The highest BCUT2D eigenvalue weighted by atomic mass is 35.5. The first-order chi connectivity index (χ1) is 11.5.